The molecule has 0 fully saturated rings. The van der Waals surface area contributed by atoms with Gasteiger partial charge in [-0.1, -0.05) is 5.92 Å². The summed E-state index contributed by atoms with van der Waals surface area (Å²) in [6, 6.07) is 3.89. The SMILES string of the molecule is CNc1cc(C#CS(C)(C)C)ccn1. The van der Waals surface area contributed by atoms with Crippen molar-refractivity contribution in [3.8, 4) is 11.2 Å². The molecule has 0 aliphatic heterocycles. The fraction of sp³-hybridized carbons (Fsp3) is 0.364. The third kappa shape index (κ3) is 3.71. The summed E-state index contributed by atoms with van der Waals surface area (Å²) in [6.07, 6.45) is 8.31. The van der Waals surface area contributed by atoms with Gasteiger partial charge in [0.1, 0.15) is 5.82 Å². The lowest BCUT2D eigenvalue weighted by Crippen LogP contribution is -1.92. The number of nitrogens with one attached hydrogen (secondary N) is 1. The fourth-order valence-electron chi connectivity index (χ4n) is 0.857. The van der Waals surface area contributed by atoms with E-state index in [9.17, 15) is 0 Å². The lowest BCUT2D eigenvalue weighted by atomic mass is 10.3. The molecule has 1 aromatic heterocycles. The molecule has 76 valence electrons. The first-order chi connectivity index (χ1) is 6.51. The molecule has 0 radical (unpaired) electrons. The molecule has 1 rings (SSSR count). The Labute approximate surface area is 87.4 Å². The zero-order valence-electron chi connectivity index (χ0n) is 9.09. The van der Waals surface area contributed by atoms with Crippen LogP contribution in [0.3, 0.4) is 0 Å². The van der Waals surface area contributed by atoms with Gasteiger partial charge in [-0.15, -0.1) is 0 Å². The number of rotatable bonds is 1. The summed E-state index contributed by atoms with van der Waals surface area (Å²) < 4.78 is 0. The van der Waals surface area contributed by atoms with Crippen molar-refractivity contribution in [1.29, 1.82) is 0 Å². The van der Waals surface area contributed by atoms with Crippen molar-refractivity contribution < 1.29 is 0 Å². The van der Waals surface area contributed by atoms with Crippen LogP contribution >= 0.6 is 10.0 Å². The summed E-state index contributed by atoms with van der Waals surface area (Å²) >= 11 is 0. The van der Waals surface area contributed by atoms with Gasteiger partial charge in [0.25, 0.3) is 0 Å². The summed E-state index contributed by atoms with van der Waals surface area (Å²) in [5.74, 6) is 4.03. The van der Waals surface area contributed by atoms with Crippen LogP contribution in [0.25, 0.3) is 0 Å². The molecule has 0 unspecified atom stereocenters. The quantitative estimate of drug-likeness (QED) is 0.715. The molecule has 1 heterocycles. The number of nitrogens with zero attached hydrogens (tertiary/aromatic N) is 1. The summed E-state index contributed by atoms with van der Waals surface area (Å²) in [7, 11) is 1.11. The monoisotopic (exact) mass is 208 g/mol. The van der Waals surface area contributed by atoms with Crippen LogP contribution in [0.4, 0.5) is 5.82 Å². The van der Waals surface area contributed by atoms with E-state index in [1.807, 2.05) is 19.2 Å². The normalized spacial score (nSPS) is 11.4. The second-order valence-electron chi connectivity index (χ2n) is 3.74. The predicted octanol–water partition coefficient (Wildman–Crippen LogP) is 2.13. The van der Waals surface area contributed by atoms with E-state index in [0.717, 1.165) is 11.4 Å². The molecular weight excluding hydrogens is 192 g/mol. The molecule has 1 N–H and O–H groups in total. The number of hydrogen-bond acceptors (Lipinski definition) is 2. The topological polar surface area (TPSA) is 24.9 Å². The van der Waals surface area contributed by atoms with Crippen LogP contribution in [0.15, 0.2) is 18.3 Å². The lowest BCUT2D eigenvalue weighted by Gasteiger charge is -2.14. The van der Waals surface area contributed by atoms with Crippen LogP contribution in [0.1, 0.15) is 5.56 Å². The highest BCUT2D eigenvalue weighted by atomic mass is 32.3. The predicted molar refractivity (Wildman–Crippen MR) is 66.0 cm³/mol. The van der Waals surface area contributed by atoms with Gasteiger partial charge in [0.2, 0.25) is 0 Å². The van der Waals surface area contributed by atoms with Gasteiger partial charge in [-0.25, -0.2) is 4.98 Å². The second kappa shape index (κ2) is 4.39. The van der Waals surface area contributed by atoms with Crippen LogP contribution in [0.2, 0.25) is 0 Å². The molecule has 0 aliphatic carbocycles. The maximum atomic E-state index is 4.13. The number of aromatic nitrogens is 1. The highest BCUT2D eigenvalue weighted by Crippen LogP contribution is 2.32. The van der Waals surface area contributed by atoms with Crippen LogP contribution < -0.4 is 5.32 Å². The molecule has 0 saturated heterocycles. The maximum Gasteiger partial charge on any atom is 0.126 e. The van der Waals surface area contributed by atoms with E-state index in [-0.39, 0.29) is 0 Å². The van der Waals surface area contributed by atoms with Crippen molar-refractivity contribution in [2.24, 2.45) is 0 Å². The average molecular weight is 208 g/mol. The van der Waals surface area contributed by atoms with Gasteiger partial charge in [-0.05, 0) is 36.2 Å². The van der Waals surface area contributed by atoms with E-state index in [4.69, 9.17) is 0 Å². The third-order valence-electron chi connectivity index (χ3n) is 1.52. The van der Waals surface area contributed by atoms with Crippen molar-refractivity contribution in [2.45, 2.75) is 0 Å². The Bertz CT molecular complexity index is 369. The van der Waals surface area contributed by atoms with E-state index >= 15 is 0 Å². The molecule has 1 aromatic rings. The first-order valence-corrected chi connectivity index (χ1v) is 7.22. The summed E-state index contributed by atoms with van der Waals surface area (Å²) in [6.45, 7) is 0. The molecule has 0 atom stereocenters. The van der Waals surface area contributed by atoms with Crippen LogP contribution in [-0.2, 0) is 0 Å². The van der Waals surface area contributed by atoms with Gasteiger partial charge in [-0.2, -0.15) is 10.0 Å². The van der Waals surface area contributed by atoms with Crippen molar-refractivity contribution in [3.05, 3.63) is 23.9 Å². The van der Waals surface area contributed by atoms with Gasteiger partial charge in [0.15, 0.2) is 0 Å². The zero-order chi connectivity index (χ0) is 10.6. The average Bonchev–Trinajstić information content (AvgIpc) is 2.14. The lowest BCUT2D eigenvalue weighted by molar-refractivity contribution is 1.28. The van der Waals surface area contributed by atoms with Gasteiger partial charge in [-0.3, -0.25) is 0 Å². The third-order valence-corrected chi connectivity index (χ3v) is 2.23. The molecule has 0 spiro atoms. The van der Waals surface area contributed by atoms with E-state index < -0.39 is 10.0 Å². The molecule has 0 saturated carbocycles. The highest BCUT2D eigenvalue weighted by Gasteiger charge is 1.96. The summed E-state index contributed by atoms with van der Waals surface area (Å²) in [5.41, 5.74) is 1.02. The van der Waals surface area contributed by atoms with E-state index in [1.165, 1.54) is 0 Å². The van der Waals surface area contributed by atoms with Gasteiger partial charge in [0, 0.05) is 18.8 Å². The standard InChI is InChI=1S/C11H16N2S/c1-12-11-9-10(5-7-13-11)6-8-14(2,3)4/h5,7,9H,1-4H3,(H,12,13). The van der Waals surface area contributed by atoms with E-state index in [0.29, 0.717) is 0 Å². The van der Waals surface area contributed by atoms with E-state index in [2.05, 4.69) is 40.2 Å². The second-order valence-corrected chi connectivity index (χ2v) is 7.62. The summed E-state index contributed by atoms with van der Waals surface area (Å²) in [4.78, 5) is 4.13. The van der Waals surface area contributed by atoms with Crippen LogP contribution in [0, 0.1) is 11.2 Å². The van der Waals surface area contributed by atoms with Crippen molar-refractivity contribution >= 4 is 15.8 Å². The smallest absolute Gasteiger partial charge is 0.126 e. The Hall–Kier alpha value is -1.14. The Balaban J connectivity index is 2.90. The van der Waals surface area contributed by atoms with Crippen molar-refractivity contribution in [3.63, 3.8) is 0 Å². The van der Waals surface area contributed by atoms with Gasteiger partial charge in [0.05, 0.1) is 0 Å². The largest absolute Gasteiger partial charge is 0.373 e. The fourth-order valence-corrected chi connectivity index (χ4v) is 1.28. The first kappa shape index (κ1) is 10.9. The van der Waals surface area contributed by atoms with Crippen LogP contribution in [-0.4, -0.2) is 30.8 Å². The number of hydrogen-bond donors (Lipinski definition) is 1. The molecule has 0 aromatic carbocycles. The van der Waals surface area contributed by atoms with Gasteiger partial charge >= 0.3 is 0 Å². The Morgan fingerprint density at radius 3 is 2.64 bits per heavy atom. The first-order valence-electron chi connectivity index (χ1n) is 4.36. The van der Waals surface area contributed by atoms with Gasteiger partial charge < -0.3 is 5.32 Å². The minimum atomic E-state index is -0.744. The molecule has 2 nitrogen and oxygen atoms in total. The summed E-state index contributed by atoms with van der Waals surface area (Å²) in [5, 5.41) is 6.26. The molecule has 14 heavy (non-hydrogen) atoms. The Morgan fingerprint density at radius 1 is 1.36 bits per heavy atom. The zero-order valence-corrected chi connectivity index (χ0v) is 9.90. The molecule has 3 heteroatoms. The van der Waals surface area contributed by atoms with Crippen molar-refractivity contribution in [1.82, 2.24) is 4.98 Å². The molecule has 0 aliphatic rings. The number of pyridine rings is 1. The van der Waals surface area contributed by atoms with Crippen molar-refractivity contribution in [2.75, 3.05) is 31.1 Å². The molecule has 0 amide bonds. The molecule has 0 bridgehead atoms. The Kier molecular flexibility index (Phi) is 3.43. The minimum Gasteiger partial charge on any atom is -0.373 e. The highest BCUT2D eigenvalue weighted by molar-refractivity contribution is 8.35. The Morgan fingerprint density at radius 2 is 2.07 bits per heavy atom. The minimum absolute atomic E-state index is 0.744. The van der Waals surface area contributed by atoms with E-state index in [1.54, 1.807) is 6.20 Å². The molecular formula is C11H16N2S. The maximum absolute atomic E-state index is 4.13. The van der Waals surface area contributed by atoms with Crippen LogP contribution in [0.5, 0.6) is 0 Å². The number of anilines is 1.